The fourth-order valence-corrected chi connectivity index (χ4v) is 2.51. The Bertz CT molecular complexity index is 414. The molecule has 0 aliphatic carbocycles. The summed E-state index contributed by atoms with van der Waals surface area (Å²) in [6.45, 7) is 4.78. The van der Waals surface area contributed by atoms with Gasteiger partial charge in [-0.05, 0) is 31.4 Å². The average Bonchev–Trinajstić information content (AvgIpc) is 2.28. The number of fused-ring (bicyclic) bond motifs is 1. The third-order valence-corrected chi connectivity index (χ3v) is 3.41. The Morgan fingerprint density at radius 3 is 2.94 bits per heavy atom. The Hall–Kier alpha value is -1.35. The van der Waals surface area contributed by atoms with Gasteiger partial charge in [0.05, 0.1) is 6.04 Å². The molecular weight excluding hydrogens is 212 g/mol. The molecule has 1 amide bonds. The lowest BCUT2D eigenvalue weighted by Gasteiger charge is -2.35. The van der Waals surface area contributed by atoms with Gasteiger partial charge in [-0.15, -0.1) is 0 Å². The molecule has 0 spiro atoms. The first-order chi connectivity index (χ1) is 8.09. The molecule has 0 bridgehead atoms. The monoisotopic (exact) mass is 232 g/mol. The van der Waals surface area contributed by atoms with Crippen molar-refractivity contribution in [2.75, 3.05) is 6.54 Å². The standard InChI is InChI=1S/C14H20N2O/c1-10(15)9-14(17)16-8-7-12-5-3-4-6-13(12)11(16)2/h3-6,10-11H,7-9,15H2,1-2H3. The molecule has 1 aliphatic rings. The first kappa shape index (κ1) is 12.1. The molecule has 2 atom stereocenters. The van der Waals surface area contributed by atoms with Crippen LogP contribution in [0, 0.1) is 0 Å². The molecule has 2 rings (SSSR count). The lowest BCUT2D eigenvalue weighted by atomic mass is 9.93. The van der Waals surface area contributed by atoms with Crippen LogP contribution in [0.3, 0.4) is 0 Å². The average molecular weight is 232 g/mol. The zero-order valence-electron chi connectivity index (χ0n) is 10.5. The second-order valence-electron chi connectivity index (χ2n) is 4.89. The minimum Gasteiger partial charge on any atom is -0.336 e. The van der Waals surface area contributed by atoms with Crippen molar-refractivity contribution in [3.63, 3.8) is 0 Å². The number of carbonyl (C=O) groups is 1. The summed E-state index contributed by atoms with van der Waals surface area (Å²) in [5.41, 5.74) is 8.33. The van der Waals surface area contributed by atoms with Crippen molar-refractivity contribution in [2.45, 2.75) is 38.8 Å². The summed E-state index contributed by atoms with van der Waals surface area (Å²) < 4.78 is 0. The molecule has 3 heteroatoms. The quantitative estimate of drug-likeness (QED) is 0.846. The highest BCUT2D eigenvalue weighted by Gasteiger charge is 2.27. The van der Waals surface area contributed by atoms with Crippen molar-refractivity contribution < 1.29 is 4.79 Å². The molecule has 0 fully saturated rings. The Balaban J connectivity index is 2.17. The molecule has 1 aromatic carbocycles. The maximum Gasteiger partial charge on any atom is 0.224 e. The van der Waals surface area contributed by atoms with Crippen LogP contribution in [0.2, 0.25) is 0 Å². The number of nitrogens with zero attached hydrogens (tertiary/aromatic N) is 1. The van der Waals surface area contributed by atoms with Crippen molar-refractivity contribution in [3.05, 3.63) is 35.4 Å². The van der Waals surface area contributed by atoms with Gasteiger partial charge in [-0.25, -0.2) is 0 Å². The number of amides is 1. The molecule has 3 nitrogen and oxygen atoms in total. The van der Waals surface area contributed by atoms with Crippen molar-refractivity contribution in [2.24, 2.45) is 5.73 Å². The van der Waals surface area contributed by atoms with Gasteiger partial charge in [0.1, 0.15) is 0 Å². The Kier molecular flexibility index (Phi) is 3.48. The SMILES string of the molecule is CC(N)CC(=O)N1CCc2ccccc2C1C. The van der Waals surface area contributed by atoms with Gasteiger partial charge in [-0.2, -0.15) is 0 Å². The van der Waals surface area contributed by atoms with Gasteiger partial charge < -0.3 is 10.6 Å². The predicted molar refractivity (Wildman–Crippen MR) is 68.5 cm³/mol. The highest BCUT2D eigenvalue weighted by atomic mass is 16.2. The van der Waals surface area contributed by atoms with Crippen molar-refractivity contribution in [1.82, 2.24) is 4.90 Å². The van der Waals surface area contributed by atoms with Crippen LogP contribution in [-0.4, -0.2) is 23.4 Å². The number of carbonyl (C=O) groups excluding carboxylic acids is 1. The van der Waals surface area contributed by atoms with E-state index in [0.717, 1.165) is 13.0 Å². The topological polar surface area (TPSA) is 46.3 Å². The molecular formula is C14H20N2O. The maximum absolute atomic E-state index is 12.1. The predicted octanol–water partition coefficient (Wildman–Crippen LogP) is 1.87. The summed E-state index contributed by atoms with van der Waals surface area (Å²) in [5, 5.41) is 0. The number of rotatable bonds is 2. The number of benzene rings is 1. The molecule has 1 aliphatic heterocycles. The smallest absolute Gasteiger partial charge is 0.224 e. The molecule has 0 saturated heterocycles. The van der Waals surface area contributed by atoms with Crippen LogP contribution in [0.4, 0.5) is 0 Å². The summed E-state index contributed by atoms with van der Waals surface area (Å²) in [5.74, 6) is 0.169. The summed E-state index contributed by atoms with van der Waals surface area (Å²) >= 11 is 0. The van der Waals surface area contributed by atoms with Gasteiger partial charge in [0, 0.05) is 19.0 Å². The van der Waals surface area contributed by atoms with E-state index >= 15 is 0 Å². The molecule has 0 saturated carbocycles. The molecule has 2 unspecified atom stereocenters. The van der Waals surface area contributed by atoms with Crippen LogP contribution in [0.1, 0.15) is 37.4 Å². The van der Waals surface area contributed by atoms with Crippen molar-refractivity contribution in [3.8, 4) is 0 Å². The van der Waals surface area contributed by atoms with Crippen LogP contribution in [0.25, 0.3) is 0 Å². The lowest BCUT2D eigenvalue weighted by molar-refractivity contribution is -0.134. The summed E-state index contributed by atoms with van der Waals surface area (Å²) in [7, 11) is 0. The highest BCUT2D eigenvalue weighted by molar-refractivity contribution is 5.77. The maximum atomic E-state index is 12.1. The number of nitrogens with two attached hydrogens (primary N) is 1. The second kappa shape index (κ2) is 4.88. The van der Waals surface area contributed by atoms with Crippen LogP contribution < -0.4 is 5.73 Å². The Labute approximate surface area is 103 Å². The molecule has 1 heterocycles. The zero-order valence-corrected chi connectivity index (χ0v) is 10.5. The van der Waals surface area contributed by atoms with Gasteiger partial charge >= 0.3 is 0 Å². The first-order valence-corrected chi connectivity index (χ1v) is 6.22. The normalized spacial score (nSPS) is 20.9. The van der Waals surface area contributed by atoms with Crippen LogP contribution in [-0.2, 0) is 11.2 Å². The van der Waals surface area contributed by atoms with E-state index in [1.807, 2.05) is 17.9 Å². The van der Waals surface area contributed by atoms with Crippen LogP contribution in [0.15, 0.2) is 24.3 Å². The Morgan fingerprint density at radius 2 is 2.24 bits per heavy atom. The molecule has 0 aromatic heterocycles. The van der Waals surface area contributed by atoms with E-state index in [1.165, 1.54) is 11.1 Å². The van der Waals surface area contributed by atoms with E-state index in [4.69, 9.17) is 5.73 Å². The third-order valence-electron chi connectivity index (χ3n) is 3.41. The van der Waals surface area contributed by atoms with Gasteiger partial charge in [0.15, 0.2) is 0 Å². The van der Waals surface area contributed by atoms with Crippen LogP contribution in [0.5, 0.6) is 0 Å². The van der Waals surface area contributed by atoms with Crippen molar-refractivity contribution >= 4 is 5.91 Å². The van der Waals surface area contributed by atoms with Gasteiger partial charge in [-0.1, -0.05) is 24.3 Å². The fraction of sp³-hybridized carbons (Fsp3) is 0.500. The largest absolute Gasteiger partial charge is 0.336 e. The van der Waals surface area contributed by atoms with E-state index in [9.17, 15) is 4.79 Å². The third kappa shape index (κ3) is 2.50. The molecule has 17 heavy (non-hydrogen) atoms. The first-order valence-electron chi connectivity index (χ1n) is 6.22. The molecule has 0 radical (unpaired) electrons. The van der Waals surface area contributed by atoms with Gasteiger partial charge in [0.2, 0.25) is 5.91 Å². The number of hydrogen-bond acceptors (Lipinski definition) is 2. The second-order valence-corrected chi connectivity index (χ2v) is 4.89. The minimum atomic E-state index is -0.0631. The minimum absolute atomic E-state index is 0.0631. The highest BCUT2D eigenvalue weighted by Crippen LogP contribution is 2.29. The lowest BCUT2D eigenvalue weighted by Crippen LogP contribution is -2.40. The van der Waals surface area contributed by atoms with E-state index in [1.54, 1.807) is 0 Å². The van der Waals surface area contributed by atoms with Crippen molar-refractivity contribution in [1.29, 1.82) is 0 Å². The molecule has 1 aromatic rings. The van der Waals surface area contributed by atoms with E-state index in [2.05, 4.69) is 25.1 Å². The molecule has 92 valence electrons. The van der Waals surface area contributed by atoms with E-state index < -0.39 is 0 Å². The molecule has 2 N–H and O–H groups in total. The summed E-state index contributed by atoms with van der Waals surface area (Å²) in [6.07, 6.45) is 1.39. The van der Waals surface area contributed by atoms with Crippen LogP contribution >= 0.6 is 0 Å². The zero-order chi connectivity index (χ0) is 12.4. The van der Waals surface area contributed by atoms with Gasteiger partial charge in [0.25, 0.3) is 0 Å². The summed E-state index contributed by atoms with van der Waals surface area (Å²) in [6, 6.07) is 8.47. The summed E-state index contributed by atoms with van der Waals surface area (Å²) in [4.78, 5) is 14.0. The van der Waals surface area contributed by atoms with E-state index in [-0.39, 0.29) is 18.0 Å². The van der Waals surface area contributed by atoms with Gasteiger partial charge in [-0.3, -0.25) is 4.79 Å². The Morgan fingerprint density at radius 1 is 1.53 bits per heavy atom. The fourth-order valence-electron chi connectivity index (χ4n) is 2.51. The number of hydrogen-bond donors (Lipinski definition) is 1. The van der Waals surface area contributed by atoms with E-state index in [0.29, 0.717) is 6.42 Å².